The number of carbonyl (C=O) groups excluding carboxylic acids is 1. The minimum absolute atomic E-state index is 0.0150. The van der Waals surface area contributed by atoms with E-state index in [1.54, 1.807) is 7.11 Å². The average Bonchev–Trinajstić information content (AvgIpc) is 2.67. The molecule has 0 aromatic heterocycles. The first kappa shape index (κ1) is 19.5. The molecule has 1 fully saturated rings. The quantitative estimate of drug-likeness (QED) is 0.822. The number of nitrogens with one attached hydrogen (secondary N) is 1. The Bertz CT molecular complexity index is 546. The summed E-state index contributed by atoms with van der Waals surface area (Å²) in [5, 5.41) is 3.08. The van der Waals surface area contributed by atoms with Crippen molar-refractivity contribution in [3.8, 4) is 5.75 Å². The molecule has 140 valence electrons. The number of amides is 2. The van der Waals surface area contributed by atoms with Crippen molar-refractivity contribution in [2.24, 2.45) is 0 Å². The summed E-state index contributed by atoms with van der Waals surface area (Å²) in [6.07, 6.45) is 0. The van der Waals surface area contributed by atoms with E-state index in [0.29, 0.717) is 19.1 Å². The van der Waals surface area contributed by atoms with Crippen LogP contribution in [0, 0.1) is 0 Å². The van der Waals surface area contributed by atoms with Crippen LogP contribution in [-0.4, -0.2) is 68.4 Å². The van der Waals surface area contributed by atoms with Gasteiger partial charge in [0.05, 0.1) is 26.4 Å². The first-order chi connectivity index (χ1) is 12.1. The van der Waals surface area contributed by atoms with Crippen molar-refractivity contribution in [2.75, 3.05) is 46.5 Å². The molecule has 0 saturated carbocycles. The Morgan fingerprint density at radius 3 is 2.72 bits per heavy atom. The van der Waals surface area contributed by atoms with Gasteiger partial charge in [0.25, 0.3) is 0 Å². The number of rotatable bonds is 7. The molecule has 0 spiro atoms. The largest absolute Gasteiger partial charge is 0.497 e. The van der Waals surface area contributed by atoms with Crippen LogP contribution in [0.15, 0.2) is 24.3 Å². The van der Waals surface area contributed by atoms with E-state index in [1.807, 2.05) is 43.0 Å². The Labute approximate surface area is 151 Å². The Balaban J connectivity index is 1.92. The molecule has 2 unspecified atom stereocenters. The van der Waals surface area contributed by atoms with Crippen LogP contribution >= 0.6 is 0 Å². The van der Waals surface area contributed by atoms with Crippen LogP contribution < -0.4 is 10.1 Å². The Morgan fingerprint density at radius 2 is 2.08 bits per heavy atom. The lowest BCUT2D eigenvalue weighted by molar-refractivity contribution is 0.0206. The van der Waals surface area contributed by atoms with E-state index in [9.17, 15) is 4.79 Å². The maximum Gasteiger partial charge on any atom is 0.317 e. The number of carbonyl (C=O) groups is 1. The number of nitrogens with zero attached hydrogens (tertiary/aromatic N) is 2. The third kappa shape index (κ3) is 5.34. The van der Waals surface area contributed by atoms with Crippen LogP contribution in [0.25, 0.3) is 0 Å². The summed E-state index contributed by atoms with van der Waals surface area (Å²) in [6, 6.07) is 8.14. The minimum Gasteiger partial charge on any atom is -0.497 e. The van der Waals surface area contributed by atoms with Gasteiger partial charge in [-0.1, -0.05) is 12.1 Å². The van der Waals surface area contributed by atoms with E-state index in [0.717, 1.165) is 37.6 Å². The molecule has 2 atom stereocenters. The highest BCUT2D eigenvalue weighted by atomic mass is 16.5. The van der Waals surface area contributed by atoms with Crippen molar-refractivity contribution in [3.05, 3.63) is 29.8 Å². The molecule has 0 aliphatic carbocycles. The first-order valence-corrected chi connectivity index (χ1v) is 9.07. The fourth-order valence-electron chi connectivity index (χ4n) is 3.16. The molecular weight excluding hydrogens is 318 g/mol. The number of hydrogen-bond donors (Lipinski definition) is 1. The molecule has 2 amide bonds. The lowest BCUT2D eigenvalue weighted by atomic mass is 10.1. The zero-order chi connectivity index (χ0) is 18.2. The van der Waals surface area contributed by atoms with Crippen molar-refractivity contribution in [2.45, 2.75) is 32.9 Å². The number of urea groups is 1. The molecular formula is C19H31N3O3. The van der Waals surface area contributed by atoms with Crippen LogP contribution in [0.2, 0.25) is 0 Å². The summed E-state index contributed by atoms with van der Waals surface area (Å²) in [6.45, 7) is 10.9. The highest BCUT2D eigenvalue weighted by molar-refractivity contribution is 5.74. The van der Waals surface area contributed by atoms with Crippen molar-refractivity contribution >= 4 is 6.03 Å². The second-order valence-electron chi connectivity index (χ2n) is 6.42. The average molecular weight is 349 g/mol. The summed E-state index contributed by atoms with van der Waals surface area (Å²) in [4.78, 5) is 16.9. The fourth-order valence-corrected chi connectivity index (χ4v) is 3.16. The zero-order valence-corrected chi connectivity index (χ0v) is 15.8. The number of benzene rings is 1. The standard InChI is InChI=1S/C19H31N3O3/c1-5-22(16(3)17-7-6-8-18(13-17)24-4)19(23)20-14-15(2)21-9-11-25-12-10-21/h6-8,13,15-16H,5,9-12,14H2,1-4H3,(H,20,23). The molecule has 1 N–H and O–H groups in total. The van der Waals surface area contributed by atoms with Gasteiger partial charge < -0.3 is 19.7 Å². The topological polar surface area (TPSA) is 54.0 Å². The van der Waals surface area contributed by atoms with Gasteiger partial charge in [0, 0.05) is 32.2 Å². The maximum absolute atomic E-state index is 12.7. The normalized spacial score (nSPS) is 17.6. The molecule has 25 heavy (non-hydrogen) atoms. The van der Waals surface area contributed by atoms with Crippen molar-refractivity contribution in [1.29, 1.82) is 0 Å². The summed E-state index contributed by atoms with van der Waals surface area (Å²) < 4.78 is 10.7. The van der Waals surface area contributed by atoms with E-state index in [2.05, 4.69) is 17.1 Å². The lowest BCUT2D eigenvalue weighted by Crippen LogP contribution is -2.50. The number of methoxy groups -OCH3 is 1. The molecule has 1 aromatic carbocycles. The van der Waals surface area contributed by atoms with Gasteiger partial charge in [-0.25, -0.2) is 4.79 Å². The van der Waals surface area contributed by atoms with Gasteiger partial charge in [-0.15, -0.1) is 0 Å². The van der Waals surface area contributed by atoms with Crippen LogP contribution in [0.3, 0.4) is 0 Å². The van der Waals surface area contributed by atoms with Crippen LogP contribution in [0.4, 0.5) is 4.79 Å². The van der Waals surface area contributed by atoms with Crippen LogP contribution in [0.5, 0.6) is 5.75 Å². The van der Waals surface area contributed by atoms with E-state index in [1.165, 1.54) is 0 Å². The molecule has 1 heterocycles. The van der Waals surface area contributed by atoms with Gasteiger partial charge in [-0.05, 0) is 38.5 Å². The monoisotopic (exact) mass is 349 g/mol. The number of morpholine rings is 1. The van der Waals surface area contributed by atoms with Crippen molar-refractivity contribution in [3.63, 3.8) is 0 Å². The summed E-state index contributed by atoms with van der Waals surface area (Å²) in [5.74, 6) is 0.807. The number of hydrogen-bond acceptors (Lipinski definition) is 4. The van der Waals surface area contributed by atoms with Crippen molar-refractivity contribution < 1.29 is 14.3 Å². The van der Waals surface area contributed by atoms with Gasteiger partial charge in [0.15, 0.2) is 0 Å². The van der Waals surface area contributed by atoms with Gasteiger partial charge in [-0.2, -0.15) is 0 Å². The third-order valence-corrected chi connectivity index (χ3v) is 4.86. The van der Waals surface area contributed by atoms with E-state index >= 15 is 0 Å². The molecule has 6 nitrogen and oxygen atoms in total. The van der Waals surface area contributed by atoms with Crippen molar-refractivity contribution in [1.82, 2.24) is 15.1 Å². The van der Waals surface area contributed by atoms with Gasteiger partial charge in [0.1, 0.15) is 5.75 Å². The molecule has 2 rings (SSSR count). The summed E-state index contributed by atoms with van der Waals surface area (Å²) in [7, 11) is 1.65. The lowest BCUT2D eigenvalue weighted by Gasteiger charge is -2.34. The second kappa shape index (κ2) is 9.63. The molecule has 0 bridgehead atoms. The highest BCUT2D eigenvalue weighted by Gasteiger charge is 2.22. The molecule has 1 aromatic rings. The molecule has 1 saturated heterocycles. The summed E-state index contributed by atoms with van der Waals surface area (Å²) in [5.41, 5.74) is 1.07. The van der Waals surface area contributed by atoms with Gasteiger partial charge in [-0.3, -0.25) is 4.90 Å². The fraction of sp³-hybridized carbons (Fsp3) is 0.632. The van der Waals surface area contributed by atoms with Gasteiger partial charge >= 0.3 is 6.03 Å². The zero-order valence-electron chi connectivity index (χ0n) is 15.8. The Morgan fingerprint density at radius 1 is 1.36 bits per heavy atom. The van der Waals surface area contributed by atoms with Crippen LogP contribution in [-0.2, 0) is 4.74 Å². The predicted octanol–water partition coefficient (Wildman–Crippen LogP) is 2.51. The summed E-state index contributed by atoms with van der Waals surface area (Å²) >= 11 is 0. The van der Waals surface area contributed by atoms with E-state index < -0.39 is 0 Å². The second-order valence-corrected chi connectivity index (χ2v) is 6.42. The Hall–Kier alpha value is -1.79. The molecule has 6 heteroatoms. The molecule has 1 aliphatic rings. The van der Waals surface area contributed by atoms with E-state index in [4.69, 9.17) is 9.47 Å². The minimum atomic E-state index is -0.0297. The Kier molecular flexibility index (Phi) is 7.52. The maximum atomic E-state index is 12.7. The van der Waals surface area contributed by atoms with Gasteiger partial charge in [0.2, 0.25) is 0 Å². The number of ether oxygens (including phenoxy) is 2. The molecule has 1 aliphatic heterocycles. The van der Waals surface area contributed by atoms with Crippen LogP contribution in [0.1, 0.15) is 32.4 Å². The molecule has 0 radical (unpaired) electrons. The SMILES string of the molecule is CCN(C(=O)NCC(C)N1CCOCC1)C(C)c1cccc(OC)c1. The van der Waals surface area contributed by atoms with E-state index in [-0.39, 0.29) is 12.1 Å². The third-order valence-electron chi connectivity index (χ3n) is 4.86. The first-order valence-electron chi connectivity index (χ1n) is 9.07. The predicted molar refractivity (Wildman–Crippen MR) is 99.0 cm³/mol. The smallest absolute Gasteiger partial charge is 0.317 e. The highest BCUT2D eigenvalue weighted by Crippen LogP contribution is 2.23.